The van der Waals surface area contributed by atoms with E-state index in [9.17, 15) is 0 Å². The summed E-state index contributed by atoms with van der Waals surface area (Å²) in [6.45, 7) is 0. The average Bonchev–Trinajstić information content (AvgIpc) is 2.46. The number of rotatable bonds is 5. The Bertz CT molecular complexity index is 535. The van der Waals surface area contributed by atoms with Crippen LogP contribution in [-0.4, -0.2) is 14.2 Å². The van der Waals surface area contributed by atoms with E-state index in [-0.39, 0.29) is 0 Å². The van der Waals surface area contributed by atoms with Gasteiger partial charge in [0.05, 0.1) is 14.2 Å². The van der Waals surface area contributed by atoms with Gasteiger partial charge in [0.2, 0.25) is 0 Å². The van der Waals surface area contributed by atoms with Gasteiger partial charge in [0.1, 0.15) is 11.5 Å². The van der Waals surface area contributed by atoms with Crippen LogP contribution in [0, 0.1) is 0 Å². The monoisotopic (exact) mass is 257 g/mol. The van der Waals surface area contributed by atoms with Crippen LogP contribution < -0.4 is 15.2 Å². The largest absolute Gasteiger partial charge is 0.497 e. The lowest BCUT2D eigenvalue weighted by Gasteiger charge is -2.10. The van der Waals surface area contributed by atoms with Crippen molar-refractivity contribution < 1.29 is 9.47 Å². The van der Waals surface area contributed by atoms with Crippen LogP contribution in [0.2, 0.25) is 0 Å². The Hall–Kier alpha value is -2.16. The van der Waals surface area contributed by atoms with Gasteiger partial charge in [0.15, 0.2) is 0 Å². The van der Waals surface area contributed by atoms with Crippen LogP contribution in [0.4, 0.5) is 5.69 Å². The van der Waals surface area contributed by atoms with E-state index in [2.05, 4.69) is 18.2 Å². The smallest absolute Gasteiger partial charge is 0.125 e. The molecule has 0 spiro atoms. The molecule has 100 valence electrons. The lowest BCUT2D eigenvalue weighted by molar-refractivity contribution is 0.391. The third-order valence-corrected chi connectivity index (χ3v) is 3.16. The van der Waals surface area contributed by atoms with E-state index >= 15 is 0 Å². The molecule has 0 bridgehead atoms. The molecule has 0 heterocycles. The molecule has 0 aromatic heterocycles. The summed E-state index contributed by atoms with van der Waals surface area (Å²) in [4.78, 5) is 0. The molecule has 0 fully saturated rings. The fourth-order valence-corrected chi connectivity index (χ4v) is 2.02. The Balaban J connectivity index is 2.08. The summed E-state index contributed by atoms with van der Waals surface area (Å²) in [5.41, 5.74) is 8.93. The number of nitrogens with two attached hydrogens (primary N) is 1. The predicted molar refractivity (Wildman–Crippen MR) is 77.8 cm³/mol. The number of aryl methyl sites for hydroxylation is 2. The lowest BCUT2D eigenvalue weighted by atomic mass is 10.0. The highest BCUT2D eigenvalue weighted by Crippen LogP contribution is 2.25. The van der Waals surface area contributed by atoms with Crippen molar-refractivity contribution in [3.8, 4) is 11.5 Å². The lowest BCUT2D eigenvalue weighted by Crippen LogP contribution is -1.97. The summed E-state index contributed by atoms with van der Waals surface area (Å²) >= 11 is 0. The molecule has 2 N–H and O–H groups in total. The van der Waals surface area contributed by atoms with Crippen molar-refractivity contribution in [2.75, 3.05) is 20.0 Å². The molecule has 0 aliphatic rings. The average molecular weight is 257 g/mol. The zero-order valence-corrected chi connectivity index (χ0v) is 11.3. The van der Waals surface area contributed by atoms with Crippen LogP contribution in [0.3, 0.4) is 0 Å². The molecule has 3 heteroatoms. The van der Waals surface area contributed by atoms with Gasteiger partial charge in [-0.25, -0.2) is 0 Å². The van der Waals surface area contributed by atoms with Crippen molar-refractivity contribution in [3.63, 3.8) is 0 Å². The molecule has 0 aliphatic heterocycles. The first-order valence-electron chi connectivity index (χ1n) is 6.28. The van der Waals surface area contributed by atoms with E-state index in [1.807, 2.05) is 24.3 Å². The van der Waals surface area contributed by atoms with Gasteiger partial charge in [0.25, 0.3) is 0 Å². The molecule has 3 nitrogen and oxygen atoms in total. The van der Waals surface area contributed by atoms with Crippen molar-refractivity contribution in [2.45, 2.75) is 12.8 Å². The van der Waals surface area contributed by atoms with Crippen LogP contribution in [0.1, 0.15) is 11.1 Å². The van der Waals surface area contributed by atoms with Gasteiger partial charge in [-0.15, -0.1) is 0 Å². The first kappa shape index (κ1) is 13.3. The van der Waals surface area contributed by atoms with Crippen molar-refractivity contribution in [1.82, 2.24) is 0 Å². The fraction of sp³-hybridized carbons (Fsp3) is 0.250. The predicted octanol–water partition coefficient (Wildman–Crippen LogP) is 3.07. The Labute approximate surface area is 114 Å². The van der Waals surface area contributed by atoms with Crippen LogP contribution in [0.15, 0.2) is 42.5 Å². The topological polar surface area (TPSA) is 44.5 Å². The summed E-state index contributed by atoms with van der Waals surface area (Å²) in [6.07, 6.45) is 1.89. The maximum atomic E-state index is 5.68. The summed E-state index contributed by atoms with van der Waals surface area (Å²) in [5, 5.41) is 0. The first-order chi connectivity index (χ1) is 9.22. The summed E-state index contributed by atoms with van der Waals surface area (Å²) in [5.74, 6) is 1.68. The Morgan fingerprint density at radius 2 is 1.63 bits per heavy atom. The molecule has 19 heavy (non-hydrogen) atoms. The fourth-order valence-electron chi connectivity index (χ4n) is 2.02. The van der Waals surface area contributed by atoms with Crippen LogP contribution >= 0.6 is 0 Å². The zero-order chi connectivity index (χ0) is 13.7. The zero-order valence-electron chi connectivity index (χ0n) is 11.3. The minimum Gasteiger partial charge on any atom is -0.497 e. The number of anilines is 1. The summed E-state index contributed by atoms with van der Waals surface area (Å²) in [7, 11) is 3.34. The number of hydrogen-bond donors (Lipinski definition) is 1. The van der Waals surface area contributed by atoms with Crippen molar-refractivity contribution in [2.24, 2.45) is 0 Å². The second kappa shape index (κ2) is 6.14. The summed E-state index contributed by atoms with van der Waals surface area (Å²) < 4.78 is 10.6. The minimum atomic E-state index is 0.797. The van der Waals surface area contributed by atoms with Gasteiger partial charge in [-0.05, 0) is 42.2 Å². The normalized spacial score (nSPS) is 10.2. The van der Waals surface area contributed by atoms with Crippen LogP contribution in [0.25, 0.3) is 0 Å². The molecule has 0 aliphatic carbocycles. The second-order valence-electron chi connectivity index (χ2n) is 4.42. The van der Waals surface area contributed by atoms with Crippen LogP contribution in [0.5, 0.6) is 11.5 Å². The Morgan fingerprint density at radius 3 is 2.26 bits per heavy atom. The highest BCUT2D eigenvalue weighted by molar-refractivity contribution is 5.42. The van der Waals surface area contributed by atoms with Gasteiger partial charge in [0, 0.05) is 11.8 Å². The molecule has 0 radical (unpaired) electrons. The van der Waals surface area contributed by atoms with Crippen molar-refractivity contribution in [1.29, 1.82) is 0 Å². The van der Waals surface area contributed by atoms with Gasteiger partial charge >= 0.3 is 0 Å². The number of benzene rings is 2. The van der Waals surface area contributed by atoms with E-state index in [1.165, 1.54) is 11.1 Å². The van der Waals surface area contributed by atoms with Gasteiger partial charge in [-0.3, -0.25) is 0 Å². The highest BCUT2D eigenvalue weighted by atomic mass is 16.5. The third kappa shape index (κ3) is 3.41. The van der Waals surface area contributed by atoms with E-state index in [4.69, 9.17) is 15.2 Å². The van der Waals surface area contributed by atoms with E-state index in [0.29, 0.717) is 0 Å². The Kier molecular flexibility index (Phi) is 4.29. The molecule has 2 aromatic carbocycles. The number of ether oxygens (including phenoxy) is 2. The van der Waals surface area contributed by atoms with Gasteiger partial charge in [-0.1, -0.05) is 18.2 Å². The molecule has 0 amide bonds. The molecular weight excluding hydrogens is 238 g/mol. The van der Waals surface area contributed by atoms with Gasteiger partial charge in [-0.2, -0.15) is 0 Å². The minimum absolute atomic E-state index is 0.797. The van der Waals surface area contributed by atoms with Crippen LogP contribution in [-0.2, 0) is 12.8 Å². The number of hydrogen-bond acceptors (Lipinski definition) is 3. The van der Waals surface area contributed by atoms with Crippen molar-refractivity contribution in [3.05, 3.63) is 53.6 Å². The maximum Gasteiger partial charge on any atom is 0.125 e. The molecular formula is C16H19NO2. The molecule has 0 atom stereocenters. The third-order valence-electron chi connectivity index (χ3n) is 3.16. The van der Waals surface area contributed by atoms with Gasteiger partial charge < -0.3 is 15.2 Å². The molecule has 0 saturated heterocycles. The molecule has 0 saturated carbocycles. The quantitative estimate of drug-likeness (QED) is 0.837. The second-order valence-corrected chi connectivity index (χ2v) is 4.42. The number of methoxy groups -OCH3 is 2. The molecule has 0 unspecified atom stereocenters. The van der Waals surface area contributed by atoms with Crippen molar-refractivity contribution >= 4 is 5.69 Å². The molecule has 2 rings (SSSR count). The highest BCUT2D eigenvalue weighted by Gasteiger charge is 2.05. The summed E-state index contributed by atoms with van der Waals surface area (Å²) in [6, 6.07) is 13.9. The maximum absolute atomic E-state index is 5.68. The molecule has 2 aromatic rings. The SMILES string of the molecule is COc1ccc(CCc2ccc(N)cc2)c(OC)c1. The Morgan fingerprint density at radius 1 is 0.895 bits per heavy atom. The van der Waals surface area contributed by atoms with E-state index < -0.39 is 0 Å². The number of nitrogen functional groups attached to an aromatic ring is 1. The first-order valence-corrected chi connectivity index (χ1v) is 6.28. The van der Waals surface area contributed by atoms with E-state index in [1.54, 1.807) is 14.2 Å². The standard InChI is InChI=1S/C16H19NO2/c1-18-15-10-7-13(16(11-15)19-2)6-3-12-4-8-14(17)9-5-12/h4-5,7-11H,3,6,17H2,1-2H3. The van der Waals surface area contributed by atoms with E-state index in [0.717, 1.165) is 30.0 Å².